The minimum absolute atomic E-state index is 0.782. The Balaban J connectivity index is 2.97. The van der Waals surface area contributed by atoms with E-state index in [1.54, 1.807) is 4.72 Å². The van der Waals surface area contributed by atoms with E-state index in [9.17, 15) is 41.6 Å². The van der Waals surface area contributed by atoms with Gasteiger partial charge in [-0.1, -0.05) is 12.1 Å². The smallest absolute Gasteiger partial charge is 0.393 e. The van der Waals surface area contributed by atoms with Crippen LogP contribution in [0.15, 0.2) is 29.2 Å². The SMILES string of the molecule is O=C([O-])CC[C@H](CNS(=O)(=O)c1ccccc1[N+](=O)[O-])C(F)(F)F. The normalized spacial score (nSPS) is 13.5. The van der Waals surface area contributed by atoms with Crippen LogP contribution in [0, 0.1) is 16.0 Å². The lowest BCUT2D eigenvalue weighted by Gasteiger charge is -2.20. The minimum Gasteiger partial charge on any atom is -0.550 e. The Morgan fingerprint density at radius 3 is 2.38 bits per heavy atom. The zero-order chi connectivity index (χ0) is 18.5. The molecule has 8 nitrogen and oxygen atoms in total. The van der Waals surface area contributed by atoms with Gasteiger partial charge in [0.15, 0.2) is 4.90 Å². The number of hydrogen-bond donors (Lipinski definition) is 1. The van der Waals surface area contributed by atoms with Crippen LogP contribution < -0.4 is 9.83 Å². The number of sulfonamides is 1. The van der Waals surface area contributed by atoms with Crippen LogP contribution in [0.2, 0.25) is 0 Å². The van der Waals surface area contributed by atoms with Crippen LogP contribution in [0.3, 0.4) is 0 Å². The Labute approximate surface area is 134 Å². The standard InChI is InChI=1S/C12H13F3N2O6S/c13-12(14,15)8(5-6-11(18)19)7-16-24(22,23)10-4-2-1-3-9(10)17(20)21/h1-4,8,16H,5-7H2,(H,18,19)/p-1/t8-/m1/s1. The largest absolute Gasteiger partial charge is 0.550 e. The summed E-state index contributed by atoms with van der Waals surface area (Å²) >= 11 is 0. The molecule has 1 aromatic rings. The van der Waals surface area contributed by atoms with E-state index in [-0.39, 0.29) is 0 Å². The third kappa shape index (κ3) is 5.45. The number of rotatable bonds is 8. The number of hydrogen-bond acceptors (Lipinski definition) is 6. The first-order valence-electron chi connectivity index (χ1n) is 6.45. The number of aliphatic carboxylic acids is 1. The second-order valence-corrected chi connectivity index (χ2v) is 6.46. The van der Waals surface area contributed by atoms with E-state index in [4.69, 9.17) is 0 Å². The first-order valence-corrected chi connectivity index (χ1v) is 7.93. The monoisotopic (exact) mass is 369 g/mol. The van der Waals surface area contributed by atoms with Crippen molar-refractivity contribution in [2.24, 2.45) is 5.92 Å². The van der Waals surface area contributed by atoms with Gasteiger partial charge in [-0.2, -0.15) is 13.2 Å². The Morgan fingerprint density at radius 1 is 1.29 bits per heavy atom. The lowest BCUT2D eigenvalue weighted by molar-refractivity contribution is -0.387. The van der Waals surface area contributed by atoms with Crippen LogP contribution in [0.25, 0.3) is 0 Å². The molecule has 1 atom stereocenters. The van der Waals surface area contributed by atoms with E-state index in [1.165, 1.54) is 12.1 Å². The molecule has 0 bridgehead atoms. The highest BCUT2D eigenvalue weighted by Crippen LogP contribution is 2.30. The van der Waals surface area contributed by atoms with E-state index in [2.05, 4.69) is 0 Å². The summed E-state index contributed by atoms with van der Waals surface area (Å²) < 4.78 is 64.1. The second-order valence-electron chi connectivity index (χ2n) is 4.73. The van der Waals surface area contributed by atoms with Crippen molar-refractivity contribution in [1.82, 2.24) is 4.72 Å². The number of nitrogens with one attached hydrogen (secondary N) is 1. The fourth-order valence-electron chi connectivity index (χ4n) is 1.80. The molecule has 0 aliphatic rings. The van der Waals surface area contributed by atoms with Gasteiger partial charge in [0.1, 0.15) is 0 Å². The highest BCUT2D eigenvalue weighted by atomic mass is 32.2. The lowest BCUT2D eigenvalue weighted by atomic mass is 10.0. The number of carbonyl (C=O) groups excluding carboxylic acids is 1. The van der Waals surface area contributed by atoms with Crippen LogP contribution in [-0.4, -0.2) is 32.0 Å². The molecule has 0 fully saturated rings. The Kier molecular flexibility index (Phi) is 6.26. The summed E-state index contributed by atoms with van der Waals surface area (Å²) in [7, 11) is -4.58. The van der Waals surface area contributed by atoms with Crippen molar-refractivity contribution in [3.8, 4) is 0 Å². The molecule has 134 valence electrons. The molecule has 1 aromatic carbocycles. The molecule has 0 radical (unpaired) electrons. The first kappa shape index (κ1) is 19.8. The number of halogens is 3. The fourth-order valence-corrected chi connectivity index (χ4v) is 3.05. The van der Waals surface area contributed by atoms with E-state index in [0.717, 1.165) is 12.1 Å². The third-order valence-corrected chi connectivity index (χ3v) is 4.50. The molecular weight excluding hydrogens is 357 g/mol. The van der Waals surface area contributed by atoms with Crippen molar-refractivity contribution in [3.63, 3.8) is 0 Å². The van der Waals surface area contributed by atoms with Gasteiger partial charge in [-0.3, -0.25) is 10.1 Å². The molecule has 0 unspecified atom stereocenters. The van der Waals surface area contributed by atoms with Crippen LogP contribution in [0.1, 0.15) is 12.8 Å². The van der Waals surface area contributed by atoms with Crippen molar-refractivity contribution in [3.05, 3.63) is 34.4 Å². The van der Waals surface area contributed by atoms with Crippen LogP contribution >= 0.6 is 0 Å². The summed E-state index contributed by atoms with van der Waals surface area (Å²) in [5.74, 6) is -3.97. The number of alkyl halides is 3. The molecule has 1 rings (SSSR count). The van der Waals surface area contributed by atoms with Crippen molar-refractivity contribution < 1.29 is 36.4 Å². The number of carbonyl (C=O) groups is 1. The number of benzene rings is 1. The number of nitrogens with zero attached hydrogens (tertiary/aromatic N) is 1. The highest BCUT2D eigenvalue weighted by Gasteiger charge is 2.40. The maximum absolute atomic E-state index is 12.8. The summed E-state index contributed by atoms with van der Waals surface area (Å²) in [6, 6.07) is 4.16. The van der Waals surface area contributed by atoms with Gasteiger partial charge < -0.3 is 9.90 Å². The van der Waals surface area contributed by atoms with Crippen LogP contribution in [-0.2, 0) is 14.8 Å². The molecule has 0 spiro atoms. The molecule has 0 amide bonds. The molecular formula is C12H12F3N2O6S-. The van der Waals surface area contributed by atoms with Gasteiger partial charge >= 0.3 is 6.18 Å². The maximum atomic E-state index is 12.8. The zero-order valence-electron chi connectivity index (χ0n) is 11.9. The summed E-state index contributed by atoms with van der Waals surface area (Å²) in [6.07, 6.45) is -6.64. The average Bonchev–Trinajstić information content (AvgIpc) is 2.45. The van der Waals surface area contributed by atoms with E-state index in [0.29, 0.717) is 0 Å². The van der Waals surface area contributed by atoms with Crippen molar-refractivity contribution in [2.75, 3.05) is 6.54 Å². The lowest BCUT2D eigenvalue weighted by Crippen LogP contribution is -2.37. The van der Waals surface area contributed by atoms with E-state index in [1.807, 2.05) is 0 Å². The van der Waals surface area contributed by atoms with Gasteiger partial charge in [-0.15, -0.1) is 0 Å². The Morgan fingerprint density at radius 2 is 1.88 bits per heavy atom. The molecule has 0 heterocycles. The second kappa shape index (κ2) is 7.57. The van der Waals surface area contributed by atoms with Gasteiger partial charge in [0.25, 0.3) is 5.69 Å². The maximum Gasteiger partial charge on any atom is 0.393 e. The Hall–Kier alpha value is -2.21. The number of carboxylic acid groups (broad SMARTS) is 1. The van der Waals surface area contributed by atoms with E-state index >= 15 is 0 Å². The number of nitro groups is 1. The van der Waals surface area contributed by atoms with Crippen molar-refractivity contribution >= 4 is 21.7 Å². The summed E-state index contributed by atoms with van der Waals surface area (Å²) in [4.78, 5) is 19.3. The quantitative estimate of drug-likeness (QED) is 0.527. The van der Waals surface area contributed by atoms with Gasteiger partial charge in [0.05, 0.1) is 10.8 Å². The zero-order valence-corrected chi connectivity index (χ0v) is 12.8. The van der Waals surface area contributed by atoms with Gasteiger partial charge in [0, 0.05) is 18.6 Å². The average molecular weight is 369 g/mol. The van der Waals surface area contributed by atoms with Gasteiger partial charge in [-0.25, -0.2) is 13.1 Å². The molecule has 0 saturated carbocycles. The van der Waals surface area contributed by atoms with Gasteiger partial charge in [0.2, 0.25) is 10.0 Å². The van der Waals surface area contributed by atoms with Gasteiger partial charge in [-0.05, 0) is 18.9 Å². The molecule has 0 saturated heterocycles. The summed E-state index contributed by atoms with van der Waals surface area (Å²) in [6.45, 7) is -1.15. The summed E-state index contributed by atoms with van der Waals surface area (Å²) in [5, 5.41) is 21.1. The predicted molar refractivity (Wildman–Crippen MR) is 72.1 cm³/mol. The topological polar surface area (TPSA) is 129 Å². The van der Waals surface area contributed by atoms with E-state index < -0.39 is 63.0 Å². The highest BCUT2D eigenvalue weighted by molar-refractivity contribution is 7.89. The van der Waals surface area contributed by atoms with Crippen molar-refractivity contribution in [2.45, 2.75) is 23.9 Å². The first-order chi connectivity index (χ1) is 10.9. The number of carboxylic acids is 1. The number of nitro benzene ring substituents is 1. The molecule has 0 aromatic heterocycles. The van der Waals surface area contributed by atoms with Crippen molar-refractivity contribution in [1.29, 1.82) is 0 Å². The molecule has 24 heavy (non-hydrogen) atoms. The molecule has 0 aliphatic heterocycles. The Bertz CT molecular complexity index is 720. The van der Waals surface area contributed by atoms with Crippen LogP contribution in [0.4, 0.5) is 18.9 Å². The molecule has 1 N–H and O–H groups in total. The summed E-state index contributed by atoms with van der Waals surface area (Å²) in [5.41, 5.74) is -0.789. The predicted octanol–water partition coefficient (Wildman–Crippen LogP) is 0.582. The fraction of sp³-hybridized carbons (Fsp3) is 0.417. The molecule has 0 aliphatic carbocycles. The minimum atomic E-state index is -4.85. The van der Waals surface area contributed by atoms with Crippen LogP contribution in [0.5, 0.6) is 0 Å². The third-order valence-electron chi connectivity index (χ3n) is 3.03. The number of para-hydroxylation sites is 1. The molecule has 12 heteroatoms.